The van der Waals surface area contributed by atoms with Crippen molar-refractivity contribution in [2.45, 2.75) is 26.8 Å². The van der Waals surface area contributed by atoms with Gasteiger partial charge in [0.25, 0.3) is 5.91 Å². The number of nitrogens with zero attached hydrogens (tertiary/aromatic N) is 3. The molecule has 0 saturated heterocycles. The van der Waals surface area contributed by atoms with Crippen LogP contribution in [-0.4, -0.2) is 33.0 Å². The largest absolute Gasteiger partial charge is 0.333 e. The minimum atomic E-state index is -0.0543. The van der Waals surface area contributed by atoms with Crippen LogP contribution in [0.2, 0.25) is 0 Å². The SMILES string of the molecule is Cc1nc([C@H](C)N(C)C(=O)c2cn[nH]c2)c(C)s1. The molecule has 96 valence electrons. The summed E-state index contributed by atoms with van der Waals surface area (Å²) in [6.07, 6.45) is 3.13. The van der Waals surface area contributed by atoms with Crippen LogP contribution in [0.3, 0.4) is 0 Å². The van der Waals surface area contributed by atoms with Crippen LogP contribution in [0.5, 0.6) is 0 Å². The molecule has 0 bridgehead atoms. The van der Waals surface area contributed by atoms with Gasteiger partial charge < -0.3 is 4.90 Å². The number of carbonyl (C=O) groups is 1. The van der Waals surface area contributed by atoms with Crippen LogP contribution >= 0.6 is 11.3 Å². The average molecular weight is 264 g/mol. The zero-order valence-corrected chi connectivity index (χ0v) is 11.7. The van der Waals surface area contributed by atoms with Gasteiger partial charge in [-0.1, -0.05) is 0 Å². The lowest BCUT2D eigenvalue weighted by molar-refractivity contribution is 0.0740. The highest BCUT2D eigenvalue weighted by Gasteiger charge is 2.22. The molecule has 6 heteroatoms. The van der Waals surface area contributed by atoms with Gasteiger partial charge in [-0.05, 0) is 20.8 Å². The molecule has 1 N–H and O–H groups in total. The molecule has 0 aromatic carbocycles. The van der Waals surface area contributed by atoms with Gasteiger partial charge in [0.2, 0.25) is 0 Å². The molecule has 1 amide bonds. The van der Waals surface area contributed by atoms with Crippen molar-refractivity contribution in [3.8, 4) is 0 Å². The zero-order valence-electron chi connectivity index (χ0n) is 10.9. The zero-order chi connectivity index (χ0) is 13.3. The van der Waals surface area contributed by atoms with Crippen molar-refractivity contribution in [1.29, 1.82) is 0 Å². The van der Waals surface area contributed by atoms with E-state index in [9.17, 15) is 4.79 Å². The second-order valence-corrected chi connectivity index (χ2v) is 5.66. The molecule has 0 fully saturated rings. The lowest BCUT2D eigenvalue weighted by atomic mass is 10.1. The number of nitrogens with one attached hydrogen (secondary N) is 1. The molecule has 0 radical (unpaired) electrons. The molecule has 5 nitrogen and oxygen atoms in total. The monoisotopic (exact) mass is 264 g/mol. The fourth-order valence-corrected chi connectivity index (χ4v) is 2.77. The van der Waals surface area contributed by atoms with Crippen LogP contribution < -0.4 is 0 Å². The number of hydrogen-bond acceptors (Lipinski definition) is 4. The van der Waals surface area contributed by atoms with E-state index in [0.717, 1.165) is 15.6 Å². The standard InChI is InChI=1S/C12H16N4OS/c1-7(11-8(2)18-9(3)15-11)16(4)12(17)10-5-13-14-6-10/h5-7H,1-4H3,(H,13,14)/t7-/m0/s1. The van der Waals surface area contributed by atoms with Crippen molar-refractivity contribution in [3.63, 3.8) is 0 Å². The summed E-state index contributed by atoms with van der Waals surface area (Å²) in [5.41, 5.74) is 1.53. The summed E-state index contributed by atoms with van der Waals surface area (Å²) in [6, 6.07) is -0.0441. The molecule has 0 aliphatic carbocycles. The summed E-state index contributed by atoms with van der Waals surface area (Å²) in [6.45, 7) is 6.00. The van der Waals surface area contributed by atoms with Gasteiger partial charge in [0.1, 0.15) is 0 Å². The van der Waals surface area contributed by atoms with E-state index in [1.54, 1.807) is 29.5 Å². The van der Waals surface area contributed by atoms with Gasteiger partial charge in [-0.25, -0.2) is 4.98 Å². The first-order valence-corrected chi connectivity index (χ1v) is 6.52. The van der Waals surface area contributed by atoms with Crippen molar-refractivity contribution < 1.29 is 4.79 Å². The Kier molecular flexibility index (Phi) is 3.47. The first kappa shape index (κ1) is 12.8. The number of aryl methyl sites for hydroxylation is 2. The molecule has 0 unspecified atom stereocenters. The highest BCUT2D eigenvalue weighted by molar-refractivity contribution is 7.11. The molecule has 2 aromatic rings. The molecular weight excluding hydrogens is 248 g/mol. The number of H-pyrrole nitrogens is 1. The van der Waals surface area contributed by atoms with Gasteiger partial charge in [-0.15, -0.1) is 11.3 Å². The Morgan fingerprint density at radius 2 is 2.22 bits per heavy atom. The quantitative estimate of drug-likeness (QED) is 0.925. The Bertz CT molecular complexity index is 546. The number of rotatable bonds is 3. The van der Waals surface area contributed by atoms with E-state index in [1.807, 2.05) is 20.8 Å². The van der Waals surface area contributed by atoms with E-state index < -0.39 is 0 Å². The van der Waals surface area contributed by atoms with Crippen molar-refractivity contribution in [2.75, 3.05) is 7.05 Å². The minimum absolute atomic E-state index is 0.0441. The molecule has 2 aromatic heterocycles. The van der Waals surface area contributed by atoms with Crippen LogP contribution in [0, 0.1) is 13.8 Å². The number of aromatic nitrogens is 3. The molecule has 0 aliphatic heterocycles. The van der Waals surface area contributed by atoms with E-state index in [4.69, 9.17) is 0 Å². The number of carbonyl (C=O) groups excluding carboxylic acids is 1. The van der Waals surface area contributed by atoms with Gasteiger partial charge in [0.05, 0.1) is 28.5 Å². The minimum Gasteiger partial charge on any atom is -0.333 e. The first-order valence-electron chi connectivity index (χ1n) is 5.70. The van der Waals surface area contributed by atoms with E-state index in [2.05, 4.69) is 15.2 Å². The lowest BCUT2D eigenvalue weighted by Gasteiger charge is -2.23. The number of aromatic amines is 1. The van der Waals surface area contributed by atoms with Crippen molar-refractivity contribution >= 4 is 17.2 Å². The van der Waals surface area contributed by atoms with Gasteiger partial charge in [0.15, 0.2) is 0 Å². The van der Waals surface area contributed by atoms with Crippen molar-refractivity contribution in [3.05, 3.63) is 33.5 Å². The third-order valence-corrected chi connectivity index (χ3v) is 3.88. The molecule has 0 spiro atoms. The second kappa shape index (κ2) is 4.89. The topological polar surface area (TPSA) is 61.9 Å². The molecule has 2 heterocycles. The highest BCUT2D eigenvalue weighted by Crippen LogP contribution is 2.26. The Morgan fingerprint density at radius 3 is 2.72 bits per heavy atom. The summed E-state index contributed by atoms with van der Waals surface area (Å²) in [7, 11) is 1.79. The fraction of sp³-hybridized carbons (Fsp3) is 0.417. The van der Waals surface area contributed by atoms with Crippen molar-refractivity contribution in [2.24, 2.45) is 0 Å². The van der Waals surface area contributed by atoms with Crippen LogP contribution in [0.25, 0.3) is 0 Å². The van der Waals surface area contributed by atoms with Crippen LogP contribution in [0.15, 0.2) is 12.4 Å². The molecule has 0 saturated carbocycles. The maximum Gasteiger partial charge on any atom is 0.257 e. The second-order valence-electron chi connectivity index (χ2n) is 4.25. The fourth-order valence-electron chi connectivity index (χ4n) is 1.86. The third-order valence-electron chi connectivity index (χ3n) is 2.98. The molecule has 18 heavy (non-hydrogen) atoms. The van der Waals surface area contributed by atoms with E-state index in [-0.39, 0.29) is 11.9 Å². The van der Waals surface area contributed by atoms with Crippen LogP contribution in [-0.2, 0) is 0 Å². The summed E-state index contributed by atoms with van der Waals surface area (Å²) < 4.78 is 0. The van der Waals surface area contributed by atoms with E-state index in [1.165, 1.54) is 6.20 Å². The highest BCUT2D eigenvalue weighted by atomic mass is 32.1. The summed E-state index contributed by atoms with van der Waals surface area (Å²) in [5.74, 6) is -0.0543. The normalized spacial score (nSPS) is 12.4. The Morgan fingerprint density at radius 1 is 1.50 bits per heavy atom. The van der Waals surface area contributed by atoms with Gasteiger partial charge in [-0.3, -0.25) is 9.89 Å². The summed E-state index contributed by atoms with van der Waals surface area (Å²) >= 11 is 1.66. The number of hydrogen-bond donors (Lipinski definition) is 1. The number of thiazole rings is 1. The smallest absolute Gasteiger partial charge is 0.257 e. The number of amides is 1. The van der Waals surface area contributed by atoms with Gasteiger partial charge in [0, 0.05) is 18.1 Å². The van der Waals surface area contributed by atoms with E-state index >= 15 is 0 Å². The summed E-state index contributed by atoms with van der Waals surface area (Å²) in [5, 5.41) is 7.47. The molecule has 2 rings (SSSR count). The molecular formula is C12H16N4OS. The lowest BCUT2D eigenvalue weighted by Crippen LogP contribution is -2.30. The molecule has 0 aliphatic rings. The Labute approximate surface area is 110 Å². The van der Waals surface area contributed by atoms with Gasteiger partial charge >= 0.3 is 0 Å². The predicted octanol–water partition coefficient (Wildman–Crippen LogP) is 2.32. The first-order chi connectivity index (χ1) is 8.50. The van der Waals surface area contributed by atoms with Crippen LogP contribution in [0.1, 0.15) is 38.9 Å². The van der Waals surface area contributed by atoms with Crippen LogP contribution in [0.4, 0.5) is 0 Å². The Balaban J connectivity index is 2.21. The summed E-state index contributed by atoms with van der Waals surface area (Å²) in [4.78, 5) is 19.5. The maximum absolute atomic E-state index is 12.2. The maximum atomic E-state index is 12.2. The average Bonchev–Trinajstić information content (AvgIpc) is 2.96. The van der Waals surface area contributed by atoms with Gasteiger partial charge in [-0.2, -0.15) is 5.10 Å². The van der Waals surface area contributed by atoms with E-state index in [0.29, 0.717) is 5.56 Å². The molecule has 1 atom stereocenters. The van der Waals surface area contributed by atoms with Crippen molar-refractivity contribution in [1.82, 2.24) is 20.1 Å². The third kappa shape index (κ3) is 2.28. The predicted molar refractivity (Wildman–Crippen MR) is 70.7 cm³/mol. The Hall–Kier alpha value is -1.69.